The molecule has 1 aliphatic carbocycles. The van der Waals surface area contributed by atoms with E-state index in [0.717, 1.165) is 44.9 Å². The first-order chi connectivity index (χ1) is 8.31. The molecule has 2 heterocycles. The lowest BCUT2D eigenvalue weighted by atomic mass is 9.73. The van der Waals surface area contributed by atoms with Crippen molar-refractivity contribution >= 4 is 6.29 Å². The van der Waals surface area contributed by atoms with Crippen molar-refractivity contribution in [1.29, 1.82) is 0 Å². The Labute approximate surface area is 104 Å². The first-order valence-corrected chi connectivity index (χ1v) is 7.15. The van der Waals surface area contributed by atoms with E-state index in [0.29, 0.717) is 5.92 Å². The number of hydrogen-bond donors (Lipinski definition) is 0. The van der Waals surface area contributed by atoms with Gasteiger partial charge in [-0.15, -0.1) is 0 Å². The van der Waals surface area contributed by atoms with Gasteiger partial charge in [0.1, 0.15) is 6.29 Å². The minimum Gasteiger partial charge on any atom is -0.375 e. The van der Waals surface area contributed by atoms with Crippen LogP contribution in [0.5, 0.6) is 0 Å². The fourth-order valence-electron chi connectivity index (χ4n) is 3.65. The van der Waals surface area contributed by atoms with Gasteiger partial charge in [0.15, 0.2) is 0 Å². The number of nitrogens with zero attached hydrogens (tertiary/aromatic N) is 1. The van der Waals surface area contributed by atoms with Gasteiger partial charge in [-0.2, -0.15) is 0 Å². The molecule has 0 aromatic carbocycles. The number of aldehydes is 1. The monoisotopic (exact) mass is 237 g/mol. The molecular formula is C14H23NO2. The van der Waals surface area contributed by atoms with E-state index < -0.39 is 0 Å². The normalized spacial score (nSPS) is 34.5. The Balaban J connectivity index is 1.55. The maximum absolute atomic E-state index is 10.8. The average molecular weight is 237 g/mol. The molecule has 3 fully saturated rings. The molecule has 1 atom stereocenters. The summed E-state index contributed by atoms with van der Waals surface area (Å²) < 4.78 is 5.98. The zero-order chi connectivity index (χ0) is 11.7. The second-order valence-corrected chi connectivity index (χ2v) is 6.04. The van der Waals surface area contributed by atoms with Crippen LogP contribution in [-0.4, -0.2) is 42.5 Å². The Bertz CT molecular complexity index is 280. The molecule has 2 aliphatic heterocycles. The summed E-state index contributed by atoms with van der Waals surface area (Å²) in [4.78, 5) is 13.4. The van der Waals surface area contributed by atoms with E-state index in [1.165, 1.54) is 32.1 Å². The van der Waals surface area contributed by atoms with E-state index in [2.05, 4.69) is 4.90 Å². The molecule has 3 aliphatic rings. The number of piperidine rings is 1. The molecule has 0 amide bonds. The highest BCUT2D eigenvalue weighted by atomic mass is 16.5. The topological polar surface area (TPSA) is 29.5 Å². The summed E-state index contributed by atoms with van der Waals surface area (Å²) in [6.45, 7) is 3.17. The first kappa shape index (κ1) is 11.7. The molecule has 1 unspecified atom stereocenters. The minimum absolute atomic E-state index is 0.254. The minimum atomic E-state index is 0.254. The molecule has 0 radical (unpaired) electrons. The van der Waals surface area contributed by atoms with E-state index >= 15 is 0 Å². The van der Waals surface area contributed by atoms with E-state index in [9.17, 15) is 4.79 Å². The summed E-state index contributed by atoms with van der Waals surface area (Å²) in [7, 11) is 0. The van der Waals surface area contributed by atoms with Gasteiger partial charge in [-0.3, -0.25) is 0 Å². The van der Waals surface area contributed by atoms with Crippen LogP contribution in [0.25, 0.3) is 0 Å². The Kier molecular flexibility index (Phi) is 3.22. The van der Waals surface area contributed by atoms with Gasteiger partial charge in [-0.05, 0) is 58.0 Å². The molecule has 1 saturated carbocycles. The Morgan fingerprint density at radius 3 is 2.53 bits per heavy atom. The second kappa shape index (κ2) is 4.69. The standard InChI is InChI=1S/C14H23NO2/c16-11-12-2-7-15(8-3-12)13-4-9-17-14(10-13)5-1-6-14/h11-13H,1-10H2. The van der Waals surface area contributed by atoms with Crippen LogP contribution in [0.2, 0.25) is 0 Å². The predicted octanol–water partition coefficient (Wildman–Crippen LogP) is 2.00. The Hall–Kier alpha value is -0.410. The highest BCUT2D eigenvalue weighted by molar-refractivity contribution is 5.53. The number of likely N-dealkylation sites (tertiary alicyclic amines) is 1. The highest BCUT2D eigenvalue weighted by Crippen LogP contribution is 2.43. The molecule has 0 aromatic rings. The maximum Gasteiger partial charge on any atom is 0.123 e. The molecule has 3 nitrogen and oxygen atoms in total. The van der Waals surface area contributed by atoms with Crippen LogP contribution in [0.15, 0.2) is 0 Å². The molecular weight excluding hydrogens is 214 g/mol. The van der Waals surface area contributed by atoms with Gasteiger partial charge < -0.3 is 14.4 Å². The first-order valence-electron chi connectivity index (χ1n) is 7.15. The van der Waals surface area contributed by atoms with Gasteiger partial charge in [0, 0.05) is 18.6 Å². The summed E-state index contributed by atoms with van der Waals surface area (Å²) >= 11 is 0. The molecule has 1 spiro atoms. The van der Waals surface area contributed by atoms with Crippen molar-refractivity contribution in [2.24, 2.45) is 5.92 Å². The third kappa shape index (κ3) is 2.27. The smallest absolute Gasteiger partial charge is 0.123 e. The maximum atomic E-state index is 10.8. The molecule has 0 bridgehead atoms. The van der Waals surface area contributed by atoms with E-state index in [1.807, 2.05) is 0 Å². The van der Waals surface area contributed by atoms with Crippen LogP contribution >= 0.6 is 0 Å². The lowest BCUT2D eigenvalue weighted by Gasteiger charge is -2.50. The quantitative estimate of drug-likeness (QED) is 0.688. The SMILES string of the molecule is O=CC1CCN(C2CCOC3(CCC3)C2)CC1. The van der Waals surface area contributed by atoms with Gasteiger partial charge in [-0.25, -0.2) is 0 Å². The molecule has 3 heteroatoms. The van der Waals surface area contributed by atoms with Gasteiger partial charge in [0.2, 0.25) is 0 Å². The fourth-order valence-corrected chi connectivity index (χ4v) is 3.65. The van der Waals surface area contributed by atoms with Crippen molar-refractivity contribution in [2.75, 3.05) is 19.7 Å². The number of hydrogen-bond acceptors (Lipinski definition) is 3. The van der Waals surface area contributed by atoms with Crippen LogP contribution in [0.3, 0.4) is 0 Å². The molecule has 0 N–H and O–H groups in total. The summed E-state index contributed by atoms with van der Waals surface area (Å²) in [5.74, 6) is 0.323. The number of carbonyl (C=O) groups excluding carboxylic acids is 1. The molecule has 17 heavy (non-hydrogen) atoms. The number of rotatable bonds is 2. The van der Waals surface area contributed by atoms with Gasteiger partial charge >= 0.3 is 0 Å². The van der Waals surface area contributed by atoms with E-state index in [-0.39, 0.29) is 5.60 Å². The van der Waals surface area contributed by atoms with Gasteiger partial charge in [0.05, 0.1) is 5.60 Å². The highest BCUT2D eigenvalue weighted by Gasteiger charge is 2.44. The van der Waals surface area contributed by atoms with E-state index in [1.54, 1.807) is 0 Å². The average Bonchev–Trinajstić information content (AvgIpc) is 2.37. The lowest BCUT2D eigenvalue weighted by Crippen LogP contribution is -2.53. The zero-order valence-corrected chi connectivity index (χ0v) is 10.6. The molecule has 0 aromatic heterocycles. The molecule has 3 rings (SSSR count). The number of carbonyl (C=O) groups is 1. The summed E-state index contributed by atoms with van der Waals surface area (Å²) in [6, 6.07) is 0.719. The zero-order valence-electron chi connectivity index (χ0n) is 10.6. The van der Waals surface area contributed by atoms with Crippen LogP contribution in [0.4, 0.5) is 0 Å². The van der Waals surface area contributed by atoms with Crippen molar-refractivity contribution in [3.05, 3.63) is 0 Å². The van der Waals surface area contributed by atoms with Crippen molar-refractivity contribution in [3.8, 4) is 0 Å². The Morgan fingerprint density at radius 1 is 1.18 bits per heavy atom. The summed E-state index contributed by atoms with van der Waals surface area (Å²) in [5, 5.41) is 0. The Morgan fingerprint density at radius 2 is 1.94 bits per heavy atom. The van der Waals surface area contributed by atoms with Crippen LogP contribution in [-0.2, 0) is 9.53 Å². The van der Waals surface area contributed by atoms with E-state index in [4.69, 9.17) is 4.74 Å². The second-order valence-electron chi connectivity index (χ2n) is 6.04. The predicted molar refractivity (Wildman–Crippen MR) is 65.9 cm³/mol. The summed E-state index contributed by atoms with van der Waals surface area (Å²) in [5.41, 5.74) is 0.254. The third-order valence-corrected chi connectivity index (χ3v) is 5.01. The lowest BCUT2D eigenvalue weighted by molar-refractivity contribution is -0.150. The number of ether oxygens (including phenoxy) is 1. The van der Waals surface area contributed by atoms with Crippen molar-refractivity contribution in [3.63, 3.8) is 0 Å². The van der Waals surface area contributed by atoms with Crippen molar-refractivity contribution in [2.45, 2.75) is 56.6 Å². The van der Waals surface area contributed by atoms with Crippen molar-refractivity contribution in [1.82, 2.24) is 4.90 Å². The van der Waals surface area contributed by atoms with Gasteiger partial charge in [-0.1, -0.05) is 0 Å². The largest absolute Gasteiger partial charge is 0.375 e. The van der Waals surface area contributed by atoms with Crippen molar-refractivity contribution < 1.29 is 9.53 Å². The van der Waals surface area contributed by atoms with Crippen LogP contribution < -0.4 is 0 Å². The molecule has 2 saturated heterocycles. The summed E-state index contributed by atoms with van der Waals surface area (Å²) in [6.07, 6.45) is 9.59. The fraction of sp³-hybridized carbons (Fsp3) is 0.929. The van der Waals surface area contributed by atoms with Gasteiger partial charge in [0.25, 0.3) is 0 Å². The molecule has 96 valence electrons. The van der Waals surface area contributed by atoms with Crippen LogP contribution in [0.1, 0.15) is 44.9 Å². The van der Waals surface area contributed by atoms with Crippen LogP contribution in [0, 0.1) is 5.92 Å². The third-order valence-electron chi connectivity index (χ3n) is 5.01.